The number of amides is 1. The minimum atomic E-state index is -0.171. The molecular weight excluding hydrogens is 448 g/mol. The Hall–Kier alpha value is -2.56. The van der Waals surface area contributed by atoms with Crippen LogP contribution in [-0.2, 0) is 0 Å². The van der Waals surface area contributed by atoms with Crippen LogP contribution in [0.15, 0.2) is 74.8 Å². The maximum atomic E-state index is 12.2. The lowest BCUT2D eigenvalue weighted by Crippen LogP contribution is -2.10. The Morgan fingerprint density at radius 1 is 1.11 bits per heavy atom. The number of nitrogens with zero attached hydrogens (tertiary/aromatic N) is 5. The van der Waals surface area contributed by atoms with Crippen molar-refractivity contribution < 1.29 is 4.79 Å². The first-order valence-corrected chi connectivity index (χ1v) is 10.2. The van der Waals surface area contributed by atoms with E-state index in [1.165, 1.54) is 23.1 Å². The maximum absolute atomic E-state index is 12.2. The van der Waals surface area contributed by atoms with Crippen LogP contribution in [0, 0.1) is 0 Å². The van der Waals surface area contributed by atoms with Gasteiger partial charge in [-0.1, -0.05) is 45.5 Å². The van der Waals surface area contributed by atoms with Gasteiger partial charge in [0.1, 0.15) is 5.00 Å². The molecule has 7 nitrogen and oxygen atoms in total. The van der Waals surface area contributed by atoms with Gasteiger partial charge in [0, 0.05) is 10.0 Å². The zero-order chi connectivity index (χ0) is 18.6. The molecule has 0 saturated heterocycles. The van der Waals surface area contributed by atoms with Crippen LogP contribution < -0.4 is 5.32 Å². The van der Waals surface area contributed by atoms with Crippen LogP contribution in [0.1, 0.15) is 10.4 Å². The predicted molar refractivity (Wildman–Crippen MR) is 107 cm³/mol. The molecule has 0 saturated carbocycles. The summed E-state index contributed by atoms with van der Waals surface area (Å²) in [6, 6.07) is 16.7. The fourth-order valence-corrected chi connectivity index (χ4v) is 4.24. The highest BCUT2D eigenvalue weighted by molar-refractivity contribution is 9.10. The molecule has 4 rings (SSSR count). The smallest absolute Gasteiger partial charge is 0.256 e. The Bertz CT molecular complexity index is 1060. The molecular formula is C17H11BrN6OS2. The molecule has 1 N–H and O–H groups in total. The molecule has 0 aliphatic carbocycles. The molecule has 0 aliphatic rings. The number of anilines is 1. The Morgan fingerprint density at radius 2 is 1.89 bits per heavy atom. The van der Waals surface area contributed by atoms with E-state index >= 15 is 0 Å². The molecule has 2 aromatic heterocycles. The molecule has 1 amide bonds. The van der Waals surface area contributed by atoms with E-state index in [2.05, 4.69) is 41.8 Å². The third-order valence-corrected chi connectivity index (χ3v) is 5.90. The zero-order valence-electron chi connectivity index (χ0n) is 13.6. The normalized spacial score (nSPS) is 10.7. The van der Waals surface area contributed by atoms with Crippen molar-refractivity contribution in [3.63, 3.8) is 0 Å². The summed E-state index contributed by atoms with van der Waals surface area (Å²) in [7, 11) is 0. The van der Waals surface area contributed by atoms with Crippen molar-refractivity contribution in [2.75, 3.05) is 5.32 Å². The Balaban J connectivity index is 1.48. The summed E-state index contributed by atoms with van der Waals surface area (Å²) >= 11 is 6.11. The van der Waals surface area contributed by atoms with Crippen molar-refractivity contribution in [1.29, 1.82) is 0 Å². The molecule has 2 aromatic carbocycles. The van der Waals surface area contributed by atoms with Crippen molar-refractivity contribution in [2.24, 2.45) is 0 Å². The van der Waals surface area contributed by atoms with Crippen molar-refractivity contribution in [2.45, 2.75) is 9.50 Å². The van der Waals surface area contributed by atoms with Crippen LogP contribution in [0.4, 0.5) is 5.00 Å². The van der Waals surface area contributed by atoms with Gasteiger partial charge in [0.25, 0.3) is 5.91 Å². The van der Waals surface area contributed by atoms with Crippen molar-refractivity contribution in [1.82, 2.24) is 25.2 Å². The monoisotopic (exact) mass is 458 g/mol. The van der Waals surface area contributed by atoms with E-state index < -0.39 is 0 Å². The first kappa shape index (κ1) is 17.8. The number of carbonyl (C=O) groups is 1. The summed E-state index contributed by atoms with van der Waals surface area (Å²) in [5.74, 6) is -0.171. The molecule has 0 unspecified atom stereocenters. The minimum absolute atomic E-state index is 0.171. The van der Waals surface area contributed by atoms with Gasteiger partial charge in [-0.15, -0.1) is 5.10 Å². The van der Waals surface area contributed by atoms with Crippen LogP contribution in [-0.4, -0.2) is 31.1 Å². The SMILES string of the molecule is O=C(Nc1cnc(Sc2nnnn2-c2ccc(Br)cc2)s1)c1ccccc1. The molecule has 0 bridgehead atoms. The average Bonchev–Trinajstić information content (AvgIpc) is 3.33. The van der Waals surface area contributed by atoms with E-state index in [9.17, 15) is 4.79 Å². The van der Waals surface area contributed by atoms with Gasteiger partial charge in [0.2, 0.25) is 5.16 Å². The van der Waals surface area contributed by atoms with Gasteiger partial charge in [-0.3, -0.25) is 4.79 Å². The Labute approximate surface area is 171 Å². The molecule has 0 radical (unpaired) electrons. The molecule has 4 aromatic rings. The molecule has 134 valence electrons. The molecule has 10 heteroatoms. The lowest BCUT2D eigenvalue weighted by molar-refractivity contribution is 0.102. The predicted octanol–water partition coefficient (Wildman–Crippen LogP) is 4.28. The maximum Gasteiger partial charge on any atom is 0.256 e. The molecule has 0 atom stereocenters. The molecule has 27 heavy (non-hydrogen) atoms. The van der Waals surface area contributed by atoms with Crippen LogP contribution in [0.25, 0.3) is 5.69 Å². The summed E-state index contributed by atoms with van der Waals surface area (Å²) in [5, 5.41) is 15.9. The second kappa shape index (κ2) is 7.99. The number of thiazole rings is 1. The van der Waals surface area contributed by atoms with Crippen molar-refractivity contribution in [3.8, 4) is 5.69 Å². The fourth-order valence-electron chi connectivity index (χ4n) is 2.20. The van der Waals surface area contributed by atoms with Crippen molar-refractivity contribution >= 4 is 49.9 Å². The molecule has 0 fully saturated rings. The second-order valence-electron chi connectivity index (χ2n) is 5.26. The minimum Gasteiger partial charge on any atom is -0.312 e. The van der Waals surface area contributed by atoms with Gasteiger partial charge in [-0.25, -0.2) is 4.98 Å². The molecule has 0 aliphatic heterocycles. The summed E-state index contributed by atoms with van der Waals surface area (Å²) < 4.78 is 3.35. The van der Waals surface area contributed by atoms with E-state index in [4.69, 9.17) is 0 Å². The van der Waals surface area contributed by atoms with Gasteiger partial charge in [0.15, 0.2) is 4.34 Å². The first-order chi connectivity index (χ1) is 13.2. The average molecular weight is 459 g/mol. The fraction of sp³-hybridized carbons (Fsp3) is 0. The van der Waals surface area contributed by atoms with Gasteiger partial charge >= 0.3 is 0 Å². The third kappa shape index (κ3) is 4.24. The summed E-state index contributed by atoms with van der Waals surface area (Å²) in [4.78, 5) is 16.6. The third-order valence-electron chi connectivity index (χ3n) is 3.45. The van der Waals surface area contributed by atoms with Gasteiger partial charge < -0.3 is 5.32 Å². The molecule has 2 heterocycles. The lowest BCUT2D eigenvalue weighted by Gasteiger charge is -2.02. The van der Waals surface area contributed by atoms with Crippen LogP contribution in [0.2, 0.25) is 0 Å². The van der Waals surface area contributed by atoms with E-state index in [0.717, 1.165) is 14.5 Å². The van der Waals surface area contributed by atoms with E-state index in [1.807, 2.05) is 42.5 Å². The topological polar surface area (TPSA) is 85.6 Å². The lowest BCUT2D eigenvalue weighted by atomic mass is 10.2. The molecule has 0 spiro atoms. The number of benzene rings is 2. The second-order valence-corrected chi connectivity index (χ2v) is 8.42. The van der Waals surface area contributed by atoms with E-state index in [1.54, 1.807) is 23.0 Å². The summed E-state index contributed by atoms with van der Waals surface area (Å²) in [5.41, 5.74) is 1.44. The first-order valence-electron chi connectivity index (χ1n) is 7.73. The van der Waals surface area contributed by atoms with E-state index in [-0.39, 0.29) is 5.91 Å². The Kier molecular flexibility index (Phi) is 5.28. The number of hydrogen-bond acceptors (Lipinski definition) is 7. The standard InChI is InChI=1S/C17H11BrN6OS2/c18-12-6-8-13(9-7-12)24-16(21-22-23-24)27-17-19-10-14(26-17)20-15(25)11-4-2-1-3-5-11/h1-10H,(H,20,25). The summed E-state index contributed by atoms with van der Waals surface area (Å²) in [6.07, 6.45) is 1.63. The van der Waals surface area contributed by atoms with Gasteiger partial charge in [-0.05, 0) is 58.6 Å². The highest BCUT2D eigenvalue weighted by atomic mass is 79.9. The van der Waals surface area contributed by atoms with Gasteiger partial charge in [-0.2, -0.15) is 4.68 Å². The summed E-state index contributed by atoms with van der Waals surface area (Å²) in [6.45, 7) is 0. The van der Waals surface area contributed by atoms with Crippen LogP contribution in [0.3, 0.4) is 0 Å². The van der Waals surface area contributed by atoms with E-state index in [0.29, 0.717) is 15.7 Å². The highest BCUT2D eigenvalue weighted by Crippen LogP contribution is 2.33. The van der Waals surface area contributed by atoms with Gasteiger partial charge in [0.05, 0.1) is 11.9 Å². The number of rotatable bonds is 5. The number of nitrogens with one attached hydrogen (secondary N) is 1. The highest BCUT2D eigenvalue weighted by Gasteiger charge is 2.14. The Morgan fingerprint density at radius 3 is 2.67 bits per heavy atom. The quantitative estimate of drug-likeness (QED) is 0.480. The van der Waals surface area contributed by atoms with Crippen molar-refractivity contribution in [3.05, 3.63) is 70.8 Å². The number of halogens is 1. The number of aromatic nitrogens is 5. The number of tetrazole rings is 1. The zero-order valence-corrected chi connectivity index (χ0v) is 16.8. The van der Waals surface area contributed by atoms with Crippen LogP contribution >= 0.6 is 39.0 Å². The number of carbonyl (C=O) groups excluding carboxylic acids is 1. The van der Waals surface area contributed by atoms with Crippen LogP contribution in [0.5, 0.6) is 0 Å². The largest absolute Gasteiger partial charge is 0.312 e. The number of hydrogen-bond donors (Lipinski definition) is 1.